The van der Waals surface area contributed by atoms with Crippen molar-refractivity contribution in [1.29, 1.82) is 0 Å². The third kappa shape index (κ3) is 7.99. The van der Waals surface area contributed by atoms with Crippen LogP contribution in [0.2, 0.25) is 5.02 Å². The Morgan fingerprint density at radius 3 is 2.53 bits per heavy atom. The molecule has 244 valence electrons. The van der Waals surface area contributed by atoms with Gasteiger partial charge in [0.15, 0.2) is 11.5 Å². The van der Waals surface area contributed by atoms with Crippen LogP contribution in [0.25, 0.3) is 16.7 Å². The lowest BCUT2D eigenvalue weighted by Crippen LogP contribution is -2.48. The molecule has 1 aliphatic rings. The maximum absolute atomic E-state index is 13.6. The zero-order valence-corrected chi connectivity index (χ0v) is 26.6. The van der Waals surface area contributed by atoms with E-state index in [0.717, 1.165) is 36.2 Å². The average molecular weight is 652 g/mol. The molecule has 0 spiro atoms. The average Bonchev–Trinajstić information content (AvgIpc) is 3.63. The number of ether oxygens (including phenoxy) is 3. The van der Waals surface area contributed by atoms with Gasteiger partial charge in [-0.25, -0.2) is 14.5 Å². The molecule has 0 aliphatic carbocycles. The largest absolute Gasteiger partial charge is 0.495 e. The van der Waals surface area contributed by atoms with Crippen LogP contribution in [0.15, 0.2) is 43.1 Å². The number of benzene rings is 1. The van der Waals surface area contributed by atoms with Gasteiger partial charge in [-0.3, -0.25) is 9.69 Å². The standard InChI is InChI=1S/C31H37ClF3N5O5/c1-7-8-9-10-14-38(5)28(41)21-16-19(18-39(21)29(42)45-30(2,3)4)44-23-17-25(40-15-13-24(37-40)31(33,34)35)36-27-20(23)11-12-22(43-6)26(27)32/h7,11-13,15,17,19,21H,1,8-10,14,16,18H2,2-6H3. The second-order valence-corrected chi connectivity index (χ2v) is 12.1. The molecule has 45 heavy (non-hydrogen) atoms. The number of carbonyl (C=O) groups is 2. The Morgan fingerprint density at radius 2 is 1.91 bits per heavy atom. The molecule has 2 amide bonds. The summed E-state index contributed by atoms with van der Waals surface area (Å²) in [6.45, 7) is 9.46. The van der Waals surface area contributed by atoms with Crippen LogP contribution < -0.4 is 9.47 Å². The molecule has 10 nitrogen and oxygen atoms in total. The number of hydrogen-bond donors (Lipinski definition) is 0. The number of likely N-dealkylation sites (tertiary alicyclic amines) is 1. The number of carbonyl (C=O) groups excluding carboxylic acids is 2. The number of unbranched alkanes of at least 4 members (excludes halogenated alkanes) is 2. The highest BCUT2D eigenvalue weighted by Crippen LogP contribution is 2.38. The van der Waals surface area contributed by atoms with Gasteiger partial charge in [0.25, 0.3) is 0 Å². The minimum atomic E-state index is -4.66. The Kier molecular flexibility index (Phi) is 10.2. The Bertz CT molecular complexity index is 1550. The Hall–Kier alpha value is -4.00. The molecule has 3 aromatic rings. The fourth-order valence-corrected chi connectivity index (χ4v) is 5.28. The van der Waals surface area contributed by atoms with Crippen molar-refractivity contribution >= 4 is 34.5 Å². The molecule has 1 aromatic carbocycles. The first-order chi connectivity index (χ1) is 21.1. The number of halogens is 4. The van der Waals surface area contributed by atoms with E-state index < -0.39 is 35.7 Å². The number of hydrogen-bond acceptors (Lipinski definition) is 7. The van der Waals surface area contributed by atoms with Gasteiger partial charge in [-0.15, -0.1) is 6.58 Å². The molecule has 1 saturated heterocycles. The molecule has 3 heterocycles. The lowest BCUT2D eigenvalue weighted by molar-refractivity contribution is -0.141. The maximum atomic E-state index is 13.6. The topological polar surface area (TPSA) is 99.0 Å². The quantitative estimate of drug-likeness (QED) is 0.178. The van der Waals surface area contributed by atoms with Crippen molar-refractivity contribution in [2.24, 2.45) is 0 Å². The van der Waals surface area contributed by atoms with Crippen molar-refractivity contribution in [3.63, 3.8) is 0 Å². The second-order valence-electron chi connectivity index (χ2n) is 11.8. The first kappa shape index (κ1) is 33.9. The molecule has 2 aromatic heterocycles. The zero-order chi connectivity index (χ0) is 33.1. The number of fused-ring (bicyclic) bond motifs is 1. The molecule has 14 heteroatoms. The number of methoxy groups -OCH3 is 1. The SMILES string of the molecule is C=CCCCCN(C)C(=O)C1CC(Oc2cc(-n3ccc(C(F)(F)F)n3)nc3c(Cl)c(OC)ccc23)CN1C(=O)OC(C)(C)C. The molecule has 0 N–H and O–H groups in total. The monoisotopic (exact) mass is 651 g/mol. The van der Waals surface area contributed by atoms with Crippen LogP contribution in [0.1, 0.15) is 52.1 Å². The van der Waals surface area contributed by atoms with E-state index in [-0.39, 0.29) is 41.0 Å². The van der Waals surface area contributed by atoms with Crippen LogP contribution in [0.3, 0.4) is 0 Å². The number of allylic oxidation sites excluding steroid dienone is 1. The van der Waals surface area contributed by atoms with Gasteiger partial charge in [-0.2, -0.15) is 18.3 Å². The van der Waals surface area contributed by atoms with Crippen LogP contribution in [0.5, 0.6) is 11.5 Å². The smallest absolute Gasteiger partial charge is 0.435 e. The van der Waals surface area contributed by atoms with Crippen molar-refractivity contribution in [3.05, 3.63) is 53.8 Å². The molecule has 0 radical (unpaired) electrons. The molecule has 2 atom stereocenters. The van der Waals surface area contributed by atoms with E-state index >= 15 is 0 Å². The lowest BCUT2D eigenvalue weighted by Gasteiger charge is -2.30. The minimum absolute atomic E-state index is 0.0111. The number of alkyl halides is 3. The number of amides is 2. The summed E-state index contributed by atoms with van der Waals surface area (Å²) < 4.78 is 58.2. The normalized spacial score (nSPS) is 17.0. The van der Waals surface area contributed by atoms with Crippen LogP contribution in [-0.4, -0.2) is 81.6 Å². The number of aromatic nitrogens is 3. The van der Waals surface area contributed by atoms with Crippen LogP contribution >= 0.6 is 11.6 Å². The molecule has 1 fully saturated rings. The van der Waals surface area contributed by atoms with Gasteiger partial charge in [-0.05, 0) is 58.2 Å². The van der Waals surface area contributed by atoms with Crippen molar-refractivity contribution in [3.8, 4) is 17.3 Å². The van der Waals surface area contributed by atoms with Gasteiger partial charge in [-0.1, -0.05) is 17.7 Å². The molecule has 1 aliphatic heterocycles. The summed E-state index contributed by atoms with van der Waals surface area (Å²) in [5.41, 5.74) is -1.69. The number of rotatable bonds is 10. The van der Waals surface area contributed by atoms with Crippen LogP contribution in [0, 0.1) is 0 Å². The first-order valence-electron chi connectivity index (χ1n) is 14.5. The summed E-state index contributed by atoms with van der Waals surface area (Å²) in [6, 6.07) is 4.70. The predicted molar refractivity (Wildman–Crippen MR) is 163 cm³/mol. The van der Waals surface area contributed by atoms with Gasteiger partial charge in [0, 0.05) is 37.7 Å². The summed E-state index contributed by atoms with van der Waals surface area (Å²) in [4.78, 5) is 34.3. The van der Waals surface area contributed by atoms with Crippen molar-refractivity contribution in [2.45, 2.75) is 70.4 Å². The summed E-state index contributed by atoms with van der Waals surface area (Å²) in [7, 11) is 3.11. The minimum Gasteiger partial charge on any atom is -0.495 e. The molecular weight excluding hydrogens is 615 g/mol. The van der Waals surface area contributed by atoms with Gasteiger partial charge in [0.2, 0.25) is 5.91 Å². The van der Waals surface area contributed by atoms with E-state index in [1.54, 1.807) is 44.9 Å². The van der Waals surface area contributed by atoms with E-state index in [4.69, 9.17) is 25.8 Å². The summed E-state index contributed by atoms with van der Waals surface area (Å²) >= 11 is 6.58. The molecular formula is C31H37ClF3N5O5. The fraction of sp³-hybridized carbons (Fsp3) is 0.484. The summed E-state index contributed by atoms with van der Waals surface area (Å²) in [5, 5.41) is 4.21. The fourth-order valence-electron chi connectivity index (χ4n) is 4.99. The highest BCUT2D eigenvalue weighted by molar-refractivity contribution is 6.36. The molecule has 0 saturated carbocycles. The third-order valence-electron chi connectivity index (χ3n) is 7.16. The van der Waals surface area contributed by atoms with Crippen molar-refractivity contribution < 1.29 is 37.0 Å². The zero-order valence-electron chi connectivity index (χ0n) is 25.9. The van der Waals surface area contributed by atoms with Crippen LogP contribution in [-0.2, 0) is 15.7 Å². The van der Waals surface area contributed by atoms with Gasteiger partial charge in [0.1, 0.15) is 34.3 Å². The second kappa shape index (κ2) is 13.6. The predicted octanol–water partition coefficient (Wildman–Crippen LogP) is 6.67. The molecule has 4 rings (SSSR count). The maximum Gasteiger partial charge on any atom is 0.435 e. The van der Waals surface area contributed by atoms with Crippen molar-refractivity contribution in [2.75, 3.05) is 27.2 Å². The van der Waals surface area contributed by atoms with E-state index in [0.29, 0.717) is 17.7 Å². The first-order valence-corrected chi connectivity index (χ1v) is 14.8. The number of pyridine rings is 1. The van der Waals surface area contributed by atoms with Gasteiger partial charge < -0.3 is 19.1 Å². The molecule has 2 unspecified atom stereocenters. The Balaban J connectivity index is 1.69. The Morgan fingerprint density at radius 1 is 1.18 bits per heavy atom. The van der Waals surface area contributed by atoms with Gasteiger partial charge in [0.05, 0.1) is 19.2 Å². The van der Waals surface area contributed by atoms with E-state index in [2.05, 4.69) is 16.7 Å². The molecule has 0 bridgehead atoms. The Labute approximate surface area is 264 Å². The van der Waals surface area contributed by atoms with E-state index in [1.165, 1.54) is 18.1 Å². The van der Waals surface area contributed by atoms with Gasteiger partial charge >= 0.3 is 12.3 Å². The highest BCUT2D eigenvalue weighted by Gasteiger charge is 2.44. The third-order valence-corrected chi connectivity index (χ3v) is 7.53. The highest BCUT2D eigenvalue weighted by atomic mass is 35.5. The summed E-state index contributed by atoms with van der Waals surface area (Å²) in [5.74, 6) is 0.283. The van der Waals surface area contributed by atoms with E-state index in [1.807, 2.05) is 6.08 Å². The summed E-state index contributed by atoms with van der Waals surface area (Å²) in [6.07, 6.45) is -0.404. The number of likely N-dealkylation sites (N-methyl/N-ethyl adjacent to an activating group) is 1. The lowest BCUT2D eigenvalue weighted by atomic mass is 10.1. The number of nitrogens with zero attached hydrogens (tertiary/aromatic N) is 5. The van der Waals surface area contributed by atoms with E-state index in [9.17, 15) is 22.8 Å². The van der Waals surface area contributed by atoms with Crippen LogP contribution in [0.4, 0.5) is 18.0 Å². The van der Waals surface area contributed by atoms with Crippen molar-refractivity contribution in [1.82, 2.24) is 24.6 Å².